The van der Waals surface area contributed by atoms with Crippen molar-refractivity contribution >= 4 is 22.5 Å². The average Bonchev–Trinajstić information content (AvgIpc) is 2.97. The summed E-state index contributed by atoms with van der Waals surface area (Å²) < 4.78 is 18.8. The lowest BCUT2D eigenvalue weighted by molar-refractivity contribution is 0.286. The first kappa shape index (κ1) is 11.2. The Kier molecular flexibility index (Phi) is 2.76. The Bertz CT molecular complexity index is 626. The highest BCUT2D eigenvalue weighted by atomic mass is 32.1. The third-order valence-electron chi connectivity index (χ3n) is 2.91. The summed E-state index contributed by atoms with van der Waals surface area (Å²) >= 11 is 1.63. The summed E-state index contributed by atoms with van der Waals surface area (Å²) in [5.41, 5.74) is 2.86. The minimum Gasteiger partial charge on any atom is -0.489 e. The van der Waals surface area contributed by atoms with Crippen molar-refractivity contribution in [3.63, 3.8) is 0 Å². The summed E-state index contributed by atoms with van der Waals surface area (Å²) in [5.74, 6) is 0.430. The molecule has 2 heterocycles. The molecule has 1 nitrogen and oxygen atoms in total. The van der Waals surface area contributed by atoms with Crippen molar-refractivity contribution in [1.82, 2.24) is 0 Å². The fourth-order valence-corrected chi connectivity index (χ4v) is 2.90. The zero-order valence-corrected chi connectivity index (χ0v) is 10.5. The lowest BCUT2D eigenvalue weighted by atomic mass is 10.0. The van der Waals surface area contributed by atoms with Crippen molar-refractivity contribution in [3.05, 3.63) is 70.4 Å². The lowest BCUT2D eigenvalue weighted by Crippen LogP contribution is -1.89. The second-order valence-corrected chi connectivity index (χ2v) is 5.00. The second kappa shape index (κ2) is 4.42. The van der Waals surface area contributed by atoms with Crippen LogP contribution in [0.25, 0.3) is 11.1 Å². The number of allylic oxidation sites excluding steroid dienone is 1. The Morgan fingerprint density at radius 2 is 2.11 bits per heavy atom. The molecule has 2 aromatic rings. The molecule has 1 aliphatic heterocycles. The van der Waals surface area contributed by atoms with Gasteiger partial charge in [-0.25, -0.2) is 4.39 Å². The fourth-order valence-electron chi connectivity index (χ4n) is 2.08. The molecule has 0 spiro atoms. The fraction of sp³-hybridized carbons (Fsp3) is 0.0667. The van der Waals surface area contributed by atoms with Crippen LogP contribution in [0.15, 0.2) is 54.1 Å². The van der Waals surface area contributed by atoms with Crippen LogP contribution in [0.2, 0.25) is 0 Å². The first-order chi connectivity index (χ1) is 8.75. The van der Waals surface area contributed by atoms with Gasteiger partial charge in [0.1, 0.15) is 18.2 Å². The van der Waals surface area contributed by atoms with Gasteiger partial charge >= 0.3 is 0 Å². The van der Waals surface area contributed by atoms with E-state index in [4.69, 9.17) is 4.74 Å². The molecule has 1 aromatic carbocycles. The molecule has 90 valence electrons. The van der Waals surface area contributed by atoms with Gasteiger partial charge in [-0.15, -0.1) is 11.3 Å². The number of rotatable bonds is 2. The van der Waals surface area contributed by atoms with Gasteiger partial charge in [0.15, 0.2) is 0 Å². The monoisotopic (exact) mass is 258 g/mol. The number of hydrogen-bond acceptors (Lipinski definition) is 2. The molecule has 0 saturated heterocycles. The maximum absolute atomic E-state index is 13.3. The predicted octanol–water partition coefficient (Wildman–Crippen LogP) is 4.34. The van der Waals surface area contributed by atoms with E-state index < -0.39 is 0 Å². The molecule has 1 aliphatic rings. The van der Waals surface area contributed by atoms with Crippen LogP contribution < -0.4 is 0 Å². The van der Waals surface area contributed by atoms with E-state index in [9.17, 15) is 4.39 Å². The Morgan fingerprint density at radius 1 is 1.22 bits per heavy atom. The van der Waals surface area contributed by atoms with E-state index in [1.807, 2.05) is 23.6 Å². The molecule has 3 heteroatoms. The van der Waals surface area contributed by atoms with Gasteiger partial charge in [0.05, 0.1) is 0 Å². The Morgan fingerprint density at radius 3 is 2.83 bits per heavy atom. The minimum atomic E-state index is -0.233. The maximum Gasteiger partial charge on any atom is 0.123 e. The smallest absolute Gasteiger partial charge is 0.123 e. The zero-order valence-electron chi connectivity index (χ0n) is 9.65. The number of ether oxygens (including phenoxy) is 1. The van der Waals surface area contributed by atoms with Crippen molar-refractivity contribution in [3.8, 4) is 0 Å². The molecule has 0 N–H and O–H groups in total. The molecule has 1 aromatic heterocycles. The van der Waals surface area contributed by atoms with E-state index in [0.29, 0.717) is 12.4 Å². The quantitative estimate of drug-likeness (QED) is 0.778. The average molecular weight is 258 g/mol. The van der Waals surface area contributed by atoms with E-state index in [1.165, 1.54) is 12.1 Å². The Balaban J connectivity index is 2.16. The first-order valence-electron chi connectivity index (χ1n) is 5.61. The highest BCUT2D eigenvalue weighted by molar-refractivity contribution is 7.11. The van der Waals surface area contributed by atoms with Gasteiger partial charge < -0.3 is 4.74 Å². The van der Waals surface area contributed by atoms with Crippen molar-refractivity contribution in [2.24, 2.45) is 0 Å². The maximum atomic E-state index is 13.3. The SMILES string of the molecule is C=C1OCC(c2cccc(F)c2)=C1c1cccs1. The Labute approximate surface area is 109 Å². The van der Waals surface area contributed by atoms with Crippen LogP contribution in [0, 0.1) is 5.82 Å². The van der Waals surface area contributed by atoms with E-state index in [0.717, 1.165) is 21.6 Å². The molecular weight excluding hydrogens is 247 g/mol. The number of thiophene rings is 1. The number of hydrogen-bond donors (Lipinski definition) is 0. The molecule has 0 bridgehead atoms. The van der Waals surface area contributed by atoms with Crippen molar-refractivity contribution < 1.29 is 9.13 Å². The van der Waals surface area contributed by atoms with Crippen molar-refractivity contribution in [2.45, 2.75) is 0 Å². The van der Waals surface area contributed by atoms with Crippen LogP contribution in [-0.4, -0.2) is 6.61 Å². The molecule has 18 heavy (non-hydrogen) atoms. The van der Waals surface area contributed by atoms with Crippen molar-refractivity contribution in [2.75, 3.05) is 6.61 Å². The summed E-state index contributed by atoms with van der Waals surface area (Å²) in [6.07, 6.45) is 0. The zero-order chi connectivity index (χ0) is 12.5. The predicted molar refractivity (Wildman–Crippen MR) is 72.6 cm³/mol. The van der Waals surface area contributed by atoms with Crippen LogP contribution in [0.5, 0.6) is 0 Å². The van der Waals surface area contributed by atoms with Crippen LogP contribution >= 0.6 is 11.3 Å². The van der Waals surface area contributed by atoms with Crippen LogP contribution in [0.4, 0.5) is 4.39 Å². The highest BCUT2D eigenvalue weighted by Gasteiger charge is 2.23. The van der Waals surface area contributed by atoms with Crippen molar-refractivity contribution in [1.29, 1.82) is 0 Å². The van der Waals surface area contributed by atoms with Gasteiger partial charge in [-0.1, -0.05) is 24.8 Å². The van der Waals surface area contributed by atoms with E-state index >= 15 is 0 Å². The number of halogens is 1. The normalized spacial score (nSPS) is 15.1. The lowest BCUT2D eigenvalue weighted by Gasteiger charge is -2.03. The van der Waals surface area contributed by atoms with Crippen LogP contribution in [0.3, 0.4) is 0 Å². The summed E-state index contributed by atoms with van der Waals surface area (Å²) in [7, 11) is 0. The summed E-state index contributed by atoms with van der Waals surface area (Å²) in [6.45, 7) is 4.38. The molecule has 0 unspecified atom stereocenters. The standard InChI is InChI=1S/C15H11FOS/c1-10-15(14-6-3-7-18-14)13(9-17-10)11-4-2-5-12(16)8-11/h2-8H,1,9H2. The summed E-state index contributed by atoms with van der Waals surface area (Å²) in [5, 5.41) is 2.01. The molecule has 0 radical (unpaired) electrons. The van der Waals surface area contributed by atoms with Crippen LogP contribution in [0.1, 0.15) is 10.4 Å². The van der Waals surface area contributed by atoms with E-state index in [2.05, 4.69) is 6.58 Å². The molecule has 0 amide bonds. The third kappa shape index (κ3) is 1.87. The van der Waals surface area contributed by atoms with Gasteiger partial charge in [0, 0.05) is 16.0 Å². The van der Waals surface area contributed by atoms with Gasteiger partial charge in [0.2, 0.25) is 0 Å². The molecule has 0 fully saturated rings. The van der Waals surface area contributed by atoms with E-state index in [-0.39, 0.29) is 5.82 Å². The minimum absolute atomic E-state index is 0.233. The van der Waals surface area contributed by atoms with Gasteiger partial charge in [-0.3, -0.25) is 0 Å². The molecule has 0 aliphatic carbocycles. The topological polar surface area (TPSA) is 9.23 Å². The molecule has 0 atom stereocenters. The van der Waals surface area contributed by atoms with Gasteiger partial charge in [-0.05, 0) is 29.1 Å². The molecule has 3 rings (SSSR count). The molecule has 0 saturated carbocycles. The van der Waals surface area contributed by atoms with E-state index in [1.54, 1.807) is 17.4 Å². The first-order valence-corrected chi connectivity index (χ1v) is 6.49. The third-order valence-corrected chi connectivity index (χ3v) is 3.80. The Hall–Kier alpha value is -1.87. The highest BCUT2D eigenvalue weighted by Crippen LogP contribution is 2.39. The molecular formula is C15H11FOS. The summed E-state index contributed by atoms with van der Waals surface area (Å²) in [6, 6.07) is 10.6. The van der Waals surface area contributed by atoms with Crippen LogP contribution in [-0.2, 0) is 4.74 Å². The summed E-state index contributed by atoms with van der Waals surface area (Å²) in [4.78, 5) is 1.11. The van der Waals surface area contributed by atoms with Gasteiger partial charge in [0.25, 0.3) is 0 Å². The van der Waals surface area contributed by atoms with Gasteiger partial charge in [-0.2, -0.15) is 0 Å². The number of benzene rings is 1. The second-order valence-electron chi connectivity index (χ2n) is 4.05. The largest absolute Gasteiger partial charge is 0.489 e.